The van der Waals surface area contributed by atoms with Gasteiger partial charge in [-0.05, 0) is 46.3 Å². The predicted molar refractivity (Wildman–Crippen MR) is 76.1 cm³/mol. The van der Waals surface area contributed by atoms with Crippen LogP contribution in [0.1, 0.15) is 10.5 Å². The maximum atomic E-state index is 13.4. The molecule has 0 saturated heterocycles. The van der Waals surface area contributed by atoms with E-state index in [9.17, 15) is 17.6 Å². The maximum absolute atomic E-state index is 13.4. The molecule has 2 rings (SSSR count). The van der Waals surface area contributed by atoms with Crippen molar-refractivity contribution in [3.8, 4) is 0 Å². The highest BCUT2D eigenvalue weighted by molar-refractivity contribution is 9.10. The van der Waals surface area contributed by atoms with E-state index < -0.39 is 21.8 Å². The molecular weight excluding hydrogens is 367 g/mol. The second-order valence-corrected chi connectivity index (χ2v) is 6.46. The van der Waals surface area contributed by atoms with Crippen molar-refractivity contribution < 1.29 is 22.7 Å². The van der Waals surface area contributed by atoms with Gasteiger partial charge < -0.3 is 5.11 Å². The quantitative estimate of drug-likeness (QED) is 0.856. The number of pyridine rings is 1. The number of hydrogen-bond donors (Lipinski definition) is 2. The van der Waals surface area contributed by atoms with E-state index in [0.29, 0.717) is 0 Å². The van der Waals surface area contributed by atoms with Crippen molar-refractivity contribution in [2.45, 2.75) is 4.90 Å². The number of benzene rings is 1. The van der Waals surface area contributed by atoms with Crippen LogP contribution in [0.25, 0.3) is 0 Å². The molecule has 0 aliphatic carbocycles. The summed E-state index contributed by atoms with van der Waals surface area (Å²) in [6.07, 6.45) is 1.07. The van der Waals surface area contributed by atoms with Gasteiger partial charge in [-0.15, -0.1) is 0 Å². The summed E-state index contributed by atoms with van der Waals surface area (Å²) in [5, 5.41) is 8.70. The lowest BCUT2D eigenvalue weighted by molar-refractivity contribution is 0.0690. The average Bonchev–Trinajstić information content (AvgIpc) is 2.42. The van der Waals surface area contributed by atoms with Crippen LogP contribution in [0.5, 0.6) is 0 Å². The van der Waals surface area contributed by atoms with E-state index in [0.717, 1.165) is 18.3 Å². The lowest BCUT2D eigenvalue weighted by atomic mass is 10.3. The number of sulfonamides is 1. The number of halogens is 2. The number of aromatic nitrogens is 1. The molecule has 1 heterocycles. The summed E-state index contributed by atoms with van der Waals surface area (Å²) in [6, 6.07) is 5.78. The normalized spacial score (nSPS) is 11.1. The zero-order valence-electron chi connectivity index (χ0n) is 10.2. The Morgan fingerprint density at radius 3 is 2.52 bits per heavy atom. The van der Waals surface area contributed by atoms with Crippen LogP contribution < -0.4 is 4.72 Å². The van der Waals surface area contributed by atoms with Crippen molar-refractivity contribution in [1.29, 1.82) is 0 Å². The molecule has 0 spiro atoms. The topological polar surface area (TPSA) is 96.4 Å². The molecule has 2 N–H and O–H groups in total. The first-order chi connectivity index (χ1) is 9.79. The number of carbonyl (C=O) groups is 1. The van der Waals surface area contributed by atoms with E-state index in [1.807, 2.05) is 0 Å². The van der Waals surface area contributed by atoms with E-state index in [1.54, 1.807) is 0 Å². The predicted octanol–water partition coefficient (Wildman–Crippen LogP) is 2.48. The molecule has 1 aromatic heterocycles. The summed E-state index contributed by atoms with van der Waals surface area (Å²) < 4.78 is 39.8. The number of carboxylic acids is 1. The SMILES string of the molecule is O=C(O)c1ccc(NS(=O)(=O)c2ccc(Br)c(F)c2)cn1. The van der Waals surface area contributed by atoms with E-state index in [2.05, 4.69) is 25.6 Å². The van der Waals surface area contributed by atoms with Gasteiger partial charge in [-0.25, -0.2) is 22.6 Å². The van der Waals surface area contributed by atoms with Crippen LogP contribution in [0.3, 0.4) is 0 Å². The van der Waals surface area contributed by atoms with Crippen LogP contribution in [0.2, 0.25) is 0 Å². The molecule has 0 saturated carbocycles. The first-order valence-corrected chi connectivity index (χ1v) is 7.74. The smallest absolute Gasteiger partial charge is 0.354 e. The first kappa shape index (κ1) is 15.4. The minimum atomic E-state index is -3.98. The molecule has 0 bridgehead atoms. The molecule has 0 aliphatic rings. The number of rotatable bonds is 4. The fourth-order valence-corrected chi connectivity index (χ4v) is 2.74. The average molecular weight is 375 g/mol. The van der Waals surface area contributed by atoms with Crippen molar-refractivity contribution in [2.24, 2.45) is 0 Å². The molecule has 9 heteroatoms. The van der Waals surface area contributed by atoms with Crippen LogP contribution in [-0.4, -0.2) is 24.5 Å². The highest BCUT2D eigenvalue weighted by Crippen LogP contribution is 2.21. The summed E-state index contributed by atoms with van der Waals surface area (Å²) in [7, 11) is -3.98. The largest absolute Gasteiger partial charge is 0.477 e. The van der Waals surface area contributed by atoms with Gasteiger partial charge in [0.1, 0.15) is 11.5 Å². The third-order valence-electron chi connectivity index (χ3n) is 2.44. The van der Waals surface area contributed by atoms with Gasteiger partial charge in [0.05, 0.1) is 21.3 Å². The number of nitrogens with zero attached hydrogens (tertiary/aromatic N) is 1. The number of anilines is 1. The highest BCUT2D eigenvalue weighted by Gasteiger charge is 2.16. The van der Waals surface area contributed by atoms with Gasteiger partial charge in [-0.1, -0.05) is 0 Å². The van der Waals surface area contributed by atoms with E-state index in [1.165, 1.54) is 18.2 Å². The highest BCUT2D eigenvalue weighted by atomic mass is 79.9. The molecule has 0 radical (unpaired) electrons. The lowest BCUT2D eigenvalue weighted by Gasteiger charge is -2.08. The number of carboxylic acid groups (broad SMARTS) is 1. The van der Waals surface area contributed by atoms with Gasteiger partial charge in [0.2, 0.25) is 0 Å². The molecule has 6 nitrogen and oxygen atoms in total. The van der Waals surface area contributed by atoms with Crippen LogP contribution >= 0.6 is 15.9 Å². The Morgan fingerprint density at radius 1 is 1.29 bits per heavy atom. The molecule has 0 aliphatic heterocycles. The van der Waals surface area contributed by atoms with Gasteiger partial charge in [0.25, 0.3) is 10.0 Å². The van der Waals surface area contributed by atoms with E-state index >= 15 is 0 Å². The van der Waals surface area contributed by atoms with Crippen LogP contribution in [0, 0.1) is 5.82 Å². The van der Waals surface area contributed by atoms with Crippen molar-refractivity contribution in [3.63, 3.8) is 0 Å². The summed E-state index contributed by atoms with van der Waals surface area (Å²) in [4.78, 5) is 14.0. The minimum absolute atomic E-state index is 0.0725. The Labute approximate surface area is 127 Å². The van der Waals surface area contributed by atoms with E-state index in [-0.39, 0.29) is 20.7 Å². The Kier molecular flexibility index (Phi) is 4.24. The van der Waals surface area contributed by atoms with Gasteiger partial charge in [-0.3, -0.25) is 4.72 Å². The van der Waals surface area contributed by atoms with Gasteiger partial charge >= 0.3 is 5.97 Å². The Balaban J connectivity index is 2.28. The van der Waals surface area contributed by atoms with Crippen molar-refractivity contribution in [2.75, 3.05) is 4.72 Å². The summed E-state index contributed by atoms with van der Waals surface area (Å²) >= 11 is 2.93. The van der Waals surface area contributed by atoms with Gasteiger partial charge in [0.15, 0.2) is 0 Å². The molecule has 110 valence electrons. The van der Waals surface area contributed by atoms with Crippen molar-refractivity contribution in [1.82, 2.24) is 4.98 Å². The number of nitrogens with one attached hydrogen (secondary N) is 1. The molecule has 21 heavy (non-hydrogen) atoms. The first-order valence-electron chi connectivity index (χ1n) is 5.47. The van der Waals surface area contributed by atoms with E-state index in [4.69, 9.17) is 5.11 Å². The van der Waals surface area contributed by atoms with Crippen LogP contribution in [-0.2, 0) is 10.0 Å². The molecule has 0 amide bonds. The maximum Gasteiger partial charge on any atom is 0.354 e. The molecule has 0 unspecified atom stereocenters. The molecule has 1 aromatic carbocycles. The van der Waals surface area contributed by atoms with Gasteiger partial charge in [0, 0.05) is 0 Å². The molecule has 0 atom stereocenters. The zero-order chi connectivity index (χ0) is 15.6. The summed E-state index contributed by atoms with van der Waals surface area (Å²) in [5.74, 6) is -1.93. The second-order valence-electron chi connectivity index (χ2n) is 3.92. The molecular formula is C12H8BrFN2O4S. The third-order valence-corrected chi connectivity index (χ3v) is 4.46. The Hall–Kier alpha value is -2.00. The fraction of sp³-hybridized carbons (Fsp3) is 0. The molecule has 2 aromatic rings. The van der Waals surface area contributed by atoms with Crippen LogP contribution in [0.4, 0.5) is 10.1 Å². The standard InChI is InChI=1S/C12H8BrFN2O4S/c13-9-3-2-8(5-10(9)14)21(19,20)16-7-1-4-11(12(17)18)15-6-7/h1-6,16H,(H,17,18). The summed E-state index contributed by atoms with van der Waals surface area (Å²) in [6.45, 7) is 0. The number of aromatic carboxylic acids is 1. The van der Waals surface area contributed by atoms with Crippen molar-refractivity contribution in [3.05, 3.63) is 52.5 Å². The fourth-order valence-electron chi connectivity index (χ4n) is 1.44. The van der Waals surface area contributed by atoms with Crippen molar-refractivity contribution >= 4 is 37.6 Å². The lowest BCUT2D eigenvalue weighted by Crippen LogP contribution is -2.13. The summed E-state index contributed by atoms with van der Waals surface area (Å²) in [5.41, 5.74) is -0.143. The molecule has 0 fully saturated rings. The Bertz CT molecular complexity index is 793. The second kappa shape index (κ2) is 5.78. The third kappa shape index (κ3) is 3.56. The monoisotopic (exact) mass is 374 g/mol. The van der Waals surface area contributed by atoms with Crippen LogP contribution in [0.15, 0.2) is 45.9 Å². The zero-order valence-corrected chi connectivity index (χ0v) is 12.6. The van der Waals surface area contributed by atoms with Gasteiger partial charge in [-0.2, -0.15) is 0 Å². The number of hydrogen-bond acceptors (Lipinski definition) is 4. The Morgan fingerprint density at radius 2 is 2.00 bits per heavy atom. The minimum Gasteiger partial charge on any atom is -0.477 e.